The lowest BCUT2D eigenvalue weighted by Gasteiger charge is -2.37. The van der Waals surface area contributed by atoms with E-state index in [0.29, 0.717) is 17.3 Å². The molecule has 0 saturated heterocycles. The first-order valence-electron chi connectivity index (χ1n) is 7.35. The number of aryl methyl sites for hydroxylation is 1. The molecule has 1 aliphatic rings. The molecule has 0 bridgehead atoms. The number of nitrogen functional groups attached to an aromatic ring is 1. The van der Waals surface area contributed by atoms with E-state index in [4.69, 9.17) is 5.73 Å². The van der Waals surface area contributed by atoms with E-state index in [9.17, 15) is 4.79 Å². The van der Waals surface area contributed by atoms with Crippen LogP contribution in [0.4, 0.5) is 17.1 Å². The Morgan fingerprint density at radius 3 is 2.76 bits per heavy atom. The van der Waals surface area contributed by atoms with Crippen molar-refractivity contribution in [3.05, 3.63) is 53.6 Å². The number of benzene rings is 2. The predicted octanol–water partition coefficient (Wildman–Crippen LogP) is 3.94. The van der Waals surface area contributed by atoms with Gasteiger partial charge in [-0.2, -0.15) is 0 Å². The zero-order chi connectivity index (χ0) is 15.0. The number of rotatable bonds is 2. The monoisotopic (exact) mass is 280 g/mol. The fourth-order valence-electron chi connectivity index (χ4n) is 3.08. The molecule has 108 valence electrons. The molecule has 3 nitrogen and oxygen atoms in total. The number of nitrogens with two attached hydrogens (primary N) is 1. The van der Waals surface area contributed by atoms with Crippen molar-refractivity contribution in [1.29, 1.82) is 0 Å². The van der Waals surface area contributed by atoms with Gasteiger partial charge in [-0.1, -0.05) is 18.2 Å². The average Bonchev–Trinajstić information content (AvgIpc) is 2.48. The maximum absolute atomic E-state index is 11.7. The van der Waals surface area contributed by atoms with Crippen LogP contribution < -0.4 is 10.6 Å². The van der Waals surface area contributed by atoms with Gasteiger partial charge in [-0.05, 0) is 56.5 Å². The summed E-state index contributed by atoms with van der Waals surface area (Å²) in [4.78, 5) is 14.0. The van der Waals surface area contributed by atoms with Crippen molar-refractivity contribution in [2.75, 3.05) is 10.6 Å². The molecule has 2 aromatic carbocycles. The molecule has 3 heteroatoms. The minimum atomic E-state index is 0.00676. The molecule has 1 aliphatic heterocycles. The van der Waals surface area contributed by atoms with Crippen molar-refractivity contribution in [2.45, 2.75) is 32.7 Å². The van der Waals surface area contributed by atoms with E-state index in [-0.39, 0.29) is 5.78 Å². The molecule has 1 heterocycles. The molecule has 0 radical (unpaired) electrons. The average molecular weight is 280 g/mol. The van der Waals surface area contributed by atoms with Gasteiger partial charge in [0.25, 0.3) is 0 Å². The molecule has 0 saturated carbocycles. The van der Waals surface area contributed by atoms with Crippen molar-refractivity contribution < 1.29 is 4.79 Å². The number of Topliss-reactive ketones (excluding diaryl/α,β-unsaturated/α-hetero) is 1. The van der Waals surface area contributed by atoms with E-state index in [2.05, 4.69) is 36.1 Å². The fraction of sp³-hybridized carbons (Fsp3) is 0.278. The van der Waals surface area contributed by atoms with Crippen LogP contribution in [0.15, 0.2) is 42.5 Å². The Morgan fingerprint density at radius 1 is 1.24 bits per heavy atom. The molecule has 2 aromatic rings. The first kappa shape index (κ1) is 13.7. The zero-order valence-corrected chi connectivity index (χ0v) is 12.5. The molecule has 0 amide bonds. The van der Waals surface area contributed by atoms with Crippen molar-refractivity contribution in [2.24, 2.45) is 0 Å². The van der Waals surface area contributed by atoms with Crippen LogP contribution in [0.2, 0.25) is 0 Å². The van der Waals surface area contributed by atoms with Crippen LogP contribution in [0.3, 0.4) is 0 Å². The van der Waals surface area contributed by atoms with Crippen LogP contribution in [-0.4, -0.2) is 11.8 Å². The molecule has 0 spiro atoms. The highest BCUT2D eigenvalue weighted by atomic mass is 16.1. The van der Waals surface area contributed by atoms with E-state index in [1.807, 2.05) is 18.2 Å². The highest BCUT2D eigenvalue weighted by molar-refractivity contribution is 6.00. The molecule has 0 aromatic heterocycles. The van der Waals surface area contributed by atoms with E-state index < -0.39 is 0 Å². The molecule has 1 atom stereocenters. The Morgan fingerprint density at radius 2 is 2.00 bits per heavy atom. The van der Waals surface area contributed by atoms with Crippen molar-refractivity contribution >= 4 is 22.8 Å². The lowest BCUT2D eigenvalue weighted by atomic mass is 9.95. The lowest BCUT2D eigenvalue weighted by molar-refractivity contribution is 0.101. The normalized spacial score (nSPS) is 17.4. The number of nitrogens with zero attached hydrogens (tertiary/aromatic N) is 1. The first-order valence-corrected chi connectivity index (χ1v) is 7.35. The van der Waals surface area contributed by atoms with Gasteiger partial charge in [0.15, 0.2) is 5.78 Å². The van der Waals surface area contributed by atoms with Gasteiger partial charge >= 0.3 is 0 Å². The summed E-state index contributed by atoms with van der Waals surface area (Å²) in [5.74, 6) is 0.00676. The van der Waals surface area contributed by atoms with E-state index in [0.717, 1.165) is 18.5 Å². The number of anilines is 3. The summed E-state index contributed by atoms with van der Waals surface area (Å²) in [6.45, 7) is 3.78. The largest absolute Gasteiger partial charge is 0.398 e. The Balaban J connectivity index is 2.12. The third-order valence-corrected chi connectivity index (χ3v) is 4.22. The van der Waals surface area contributed by atoms with Gasteiger partial charge in [0.05, 0.1) is 0 Å². The Hall–Kier alpha value is -2.29. The number of para-hydroxylation sites is 1. The smallest absolute Gasteiger partial charge is 0.161 e. The van der Waals surface area contributed by atoms with Crippen LogP contribution >= 0.6 is 0 Å². The van der Waals surface area contributed by atoms with Crippen molar-refractivity contribution in [1.82, 2.24) is 0 Å². The van der Waals surface area contributed by atoms with Gasteiger partial charge in [0.1, 0.15) is 0 Å². The third-order valence-electron chi connectivity index (χ3n) is 4.22. The highest BCUT2D eigenvalue weighted by Gasteiger charge is 2.24. The predicted molar refractivity (Wildman–Crippen MR) is 87.2 cm³/mol. The molecule has 2 N–H and O–H groups in total. The van der Waals surface area contributed by atoms with Gasteiger partial charge in [-0.3, -0.25) is 4.79 Å². The summed E-state index contributed by atoms with van der Waals surface area (Å²) in [5.41, 5.74) is 10.7. The van der Waals surface area contributed by atoms with Crippen LogP contribution in [0, 0.1) is 0 Å². The summed E-state index contributed by atoms with van der Waals surface area (Å²) in [5, 5.41) is 0. The minimum Gasteiger partial charge on any atom is -0.398 e. The third kappa shape index (κ3) is 2.40. The molecular weight excluding hydrogens is 260 g/mol. The van der Waals surface area contributed by atoms with Crippen LogP contribution in [-0.2, 0) is 6.42 Å². The Kier molecular flexibility index (Phi) is 3.42. The molecule has 0 fully saturated rings. The maximum atomic E-state index is 11.7. The molecular formula is C18H20N2O. The summed E-state index contributed by atoms with van der Waals surface area (Å²) < 4.78 is 0. The van der Waals surface area contributed by atoms with Gasteiger partial charge < -0.3 is 10.6 Å². The van der Waals surface area contributed by atoms with Gasteiger partial charge in [0.2, 0.25) is 0 Å². The number of hydrogen-bond acceptors (Lipinski definition) is 3. The summed E-state index contributed by atoms with van der Waals surface area (Å²) >= 11 is 0. The molecule has 3 rings (SSSR count). The fourth-order valence-corrected chi connectivity index (χ4v) is 3.08. The lowest BCUT2D eigenvalue weighted by Crippen LogP contribution is -2.33. The first-order chi connectivity index (χ1) is 10.1. The maximum Gasteiger partial charge on any atom is 0.161 e. The Labute approximate surface area is 125 Å². The SMILES string of the molecule is CC(=O)c1cc(N2c3ccccc3CCC2C)ccc1N. The van der Waals surface area contributed by atoms with E-state index in [1.54, 1.807) is 6.92 Å². The van der Waals surface area contributed by atoms with Gasteiger partial charge in [0, 0.05) is 28.7 Å². The molecule has 1 unspecified atom stereocenters. The highest BCUT2D eigenvalue weighted by Crippen LogP contribution is 2.37. The van der Waals surface area contributed by atoms with Crippen LogP contribution in [0.5, 0.6) is 0 Å². The van der Waals surface area contributed by atoms with Crippen LogP contribution in [0.25, 0.3) is 0 Å². The second-order valence-electron chi connectivity index (χ2n) is 5.71. The summed E-state index contributed by atoms with van der Waals surface area (Å²) in [6.07, 6.45) is 2.21. The van der Waals surface area contributed by atoms with Gasteiger partial charge in [-0.15, -0.1) is 0 Å². The van der Waals surface area contributed by atoms with Crippen LogP contribution in [0.1, 0.15) is 36.2 Å². The molecule has 0 aliphatic carbocycles. The second-order valence-corrected chi connectivity index (χ2v) is 5.71. The zero-order valence-electron chi connectivity index (χ0n) is 12.5. The van der Waals surface area contributed by atoms with Crippen molar-refractivity contribution in [3.8, 4) is 0 Å². The number of carbonyl (C=O) groups is 1. The Bertz CT molecular complexity index is 693. The number of carbonyl (C=O) groups excluding carboxylic acids is 1. The van der Waals surface area contributed by atoms with Crippen molar-refractivity contribution in [3.63, 3.8) is 0 Å². The standard InChI is InChI=1S/C18H20N2O/c1-12-7-8-14-5-3-4-6-18(14)20(12)15-9-10-17(19)16(11-15)13(2)21/h3-6,9-12H,7-8,19H2,1-2H3. The topological polar surface area (TPSA) is 46.3 Å². The molecule has 21 heavy (non-hydrogen) atoms. The number of ketones is 1. The quantitative estimate of drug-likeness (QED) is 0.669. The van der Waals surface area contributed by atoms with E-state index >= 15 is 0 Å². The minimum absolute atomic E-state index is 0.00676. The van der Waals surface area contributed by atoms with E-state index in [1.165, 1.54) is 11.3 Å². The second kappa shape index (κ2) is 5.24. The number of fused-ring (bicyclic) bond motifs is 1. The summed E-state index contributed by atoms with van der Waals surface area (Å²) in [6, 6.07) is 14.6. The number of hydrogen-bond donors (Lipinski definition) is 1. The summed E-state index contributed by atoms with van der Waals surface area (Å²) in [7, 11) is 0. The van der Waals surface area contributed by atoms with Gasteiger partial charge in [-0.25, -0.2) is 0 Å².